The Morgan fingerprint density at radius 3 is 2.54 bits per heavy atom. The lowest BCUT2D eigenvalue weighted by atomic mass is 10.2. The zero-order valence-corrected chi connectivity index (χ0v) is 16.1. The molecule has 10 heteroatoms. The van der Waals surface area contributed by atoms with Crippen LogP contribution in [-0.4, -0.2) is 41.1 Å². The summed E-state index contributed by atoms with van der Waals surface area (Å²) in [5.41, 5.74) is 1.88. The lowest BCUT2D eigenvalue weighted by molar-refractivity contribution is 0.399. The van der Waals surface area contributed by atoms with E-state index in [0.717, 1.165) is 6.26 Å². The topological polar surface area (TPSA) is 98.5 Å². The van der Waals surface area contributed by atoms with E-state index < -0.39 is 15.8 Å². The Hall–Kier alpha value is -3.27. The number of rotatable bonds is 4. The minimum absolute atomic E-state index is 0.0922. The van der Waals surface area contributed by atoms with Crippen LogP contribution < -0.4 is 9.46 Å². The van der Waals surface area contributed by atoms with E-state index in [-0.39, 0.29) is 17.2 Å². The predicted molar refractivity (Wildman–Crippen MR) is 103 cm³/mol. The Labute approximate surface area is 160 Å². The van der Waals surface area contributed by atoms with Crippen molar-refractivity contribution in [3.8, 4) is 17.3 Å². The highest BCUT2D eigenvalue weighted by Crippen LogP contribution is 2.32. The Balaban J connectivity index is 2.19. The zero-order valence-electron chi connectivity index (χ0n) is 15.3. The number of anilines is 1. The van der Waals surface area contributed by atoms with E-state index in [1.807, 2.05) is 0 Å². The maximum atomic E-state index is 14.5. The third-order valence-electron chi connectivity index (χ3n) is 4.16. The number of aryl methyl sites for hydroxylation is 1. The van der Waals surface area contributed by atoms with Gasteiger partial charge in [0.15, 0.2) is 11.5 Å². The number of nitrogens with one attached hydrogen (secondary N) is 1. The molecule has 0 aliphatic rings. The molecule has 0 saturated heterocycles. The molecule has 0 amide bonds. The number of sulfonamides is 1. The lowest BCUT2D eigenvalue weighted by Crippen LogP contribution is -2.13. The Morgan fingerprint density at radius 2 is 1.86 bits per heavy atom. The third kappa shape index (κ3) is 3.01. The van der Waals surface area contributed by atoms with Crippen molar-refractivity contribution in [3.63, 3.8) is 0 Å². The molecule has 0 aliphatic heterocycles. The third-order valence-corrected chi connectivity index (χ3v) is 4.72. The van der Waals surface area contributed by atoms with Crippen LogP contribution in [0.2, 0.25) is 0 Å². The first kappa shape index (κ1) is 18.1. The highest BCUT2D eigenvalue weighted by molar-refractivity contribution is 7.92. The van der Waals surface area contributed by atoms with Crippen molar-refractivity contribution in [3.05, 3.63) is 47.9 Å². The lowest BCUT2D eigenvalue weighted by Gasteiger charge is -2.11. The first-order chi connectivity index (χ1) is 13.3. The van der Waals surface area contributed by atoms with Gasteiger partial charge in [-0.05, 0) is 25.1 Å². The van der Waals surface area contributed by atoms with E-state index >= 15 is 0 Å². The predicted octanol–water partition coefficient (Wildman–Crippen LogP) is 2.77. The quantitative estimate of drug-likeness (QED) is 0.565. The summed E-state index contributed by atoms with van der Waals surface area (Å²) in [6.07, 6.45) is 1.03. The molecule has 0 saturated carbocycles. The van der Waals surface area contributed by atoms with Crippen molar-refractivity contribution in [1.29, 1.82) is 0 Å². The number of benzene rings is 1. The van der Waals surface area contributed by atoms with Crippen LogP contribution in [0.3, 0.4) is 0 Å². The molecule has 4 aromatic rings. The average Bonchev–Trinajstić information content (AvgIpc) is 2.98. The summed E-state index contributed by atoms with van der Waals surface area (Å²) in [5, 5.41) is 0. The van der Waals surface area contributed by atoms with E-state index in [1.165, 1.54) is 13.2 Å². The molecule has 1 N–H and O–H groups in total. The van der Waals surface area contributed by atoms with E-state index in [9.17, 15) is 12.8 Å². The molecule has 144 valence electrons. The highest BCUT2D eigenvalue weighted by Gasteiger charge is 2.22. The molecule has 0 aliphatic carbocycles. The number of aromatic nitrogens is 4. The fraction of sp³-hybridized carbons (Fsp3) is 0.167. The largest absolute Gasteiger partial charge is 0.481 e. The molecule has 0 atom stereocenters. The number of halogens is 1. The molecule has 0 bridgehead atoms. The van der Waals surface area contributed by atoms with Crippen molar-refractivity contribution in [2.75, 3.05) is 18.1 Å². The summed E-state index contributed by atoms with van der Waals surface area (Å²) in [7, 11) is -2.12. The molecule has 8 nitrogen and oxygen atoms in total. The number of ether oxygens (including phenoxy) is 1. The van der Waals surface area contributed by atoms with Crippen LogP contribution in [0.5, 0.6) is 5.88 Å². The summed E-state index contributed by atoms with van der Waals surface area (Å²) in [5.74, 6) is 0.259. The van der Waals surface area contributed by atoms with Crippen molar-refractivity contribution >= 4 is 32.5 Å². The van der Waals surface area contributed by atoms with Gasteiger partial charge in [-0.2, -0.15) is 4.98 Å². The normalized spacial score (nSPS) is 11.9. The number of imidazole rings is 1. The molecule has 4 rings (SSSR count). The average molecular weight is 401 g/mol. The molecule has 28 heavy (non-hydrogen) atoms. The number of methoxy groups -OCH3 is 1. The van der Waals surface area contributed by atoms with E-state index in [0.29, 0.717) is 28.3 Å². The SMILES string of the molecule is COc1ccc2nc(NS(C)(=O)=O)c3c(C)nc(-c4ccccc4F)n3c2n1. The second-order valence-electron chi connectivity index (χ2n) is 6.22. The Kier molecular flexibility index (Phi) is 4.15. The van der Waals surface area contributed by atoms with E-state index in [1.54, 1.807) is 41.7 Å². The maximum Gasteiger partial charge on any atom is 0.231 e. The first-order valence-corrected chi connectivity index (χ1v) is 10.1. The first-order valence-electron chi connectivity index (χ1n) is 8.25. The van der Waals surface area contributed by atoms with Gasteiger partial charge in [0.25, 0.3) is 0 Å². The standard InChI is InChI=1S/C18H16FN5O3S/c1-10-15-16(23-28(3,25)26)21-13-8-9-14(27-2)22-18(13)24(15)17(20-10)11-6-4-5-7-12(11)19/h4-9H,1-3H3,(H,21,23). The van der Waals surface area contributed by atoms with Gasteiger partial charge in [0, 0.05) is 6.07 Å². The van der Waals surface area contributed by atoms with Gasteiger partial charge in [-0.3, -0.25) is 9.12 Å². The number of pyridine rings is 1. The van der Waals surface area contributed by atoms with E-state index in [4.69, 9.17) is 4.74 Å². The fourth-order valence-electron chi connectivity index (χ4n) is 3.05. The molecule has 1 aromatic carbocycles. The van der Waals surface area contributed by atoms with Gasteiger partial charge in [-0.25, -0.2) is 22.8 Å². The summed E-state index contributed by atoms with van der Waals surface area (Å²) in [4.78, 5) is 13.3. The van der Waals surface area contributed by atoms with Crippen molar-refractivity contribution in [2.45, 2.75) is 6.92 Å². The van der Waals surface area contributed by atoms with Crippen molar-refractivity contribution in [1.82, 2.24) is 19.4 Å². The molecule has 3 heterocycles. The Morgan fingerprint density at radius 1 is 1.11 bits per heavy atom. The van der Waals surface area contributed by atoms with Crippen LogP contribution in [-0.2, 0) is 10.0 Å². The van der Waals surface area contributed by atoms with Crippen molar-refractivity contribution in [2.24, 2.45) is 0 Å². The van der Waals surface area contributed by atoms with Crippen LogP contribution in [0.25, 0.3) is 28.1 Å². The number of nitrogens with zero attached hydrogens (tertiary/aromatic N) is 4. The van der Waals surface area contributed by atoms with Crippen LogP contribution in [0, 0.1) is 12.7 Å². The minimum Gasteiger partial charge on any atom is -0.481 e. The van der Waals surface area contributed by atoms with E-state index in [2.05, 4.69) is 19.7 Å². The molecule has 0 radical (unpaired) electrons. The molecular weight excluding hydrogens is 385 g/mol. The van der Waals surface area contributed by atoms with Gasteiger partial charge in [0.1, 0.15) is 22.7 Å². The van der Waals surface area contributed by atoms with Crippen LogP contribution >= 0.6 is 0 Å². The Bertz CT molecular complexity index is 1330. The second kappa shape index (κ2) is 6.41. The smallest absolute Gasteiger partial charge is 0.231 e. The van der Waals surface area contributed by atoms with Gasteiger partial charge in [0.2, 0.25) is 15.9 Å². The van der Waals surface area contributed by atoms with Gasteiger partial charge in [0.05, 0.1) is 24.6 Å². The monoisotopic (exact) mass is 401 g/mol. The number of hydrogen-bond donors (Lipinski definition) is 1. The molecule has 0 fully saturated rings. The summed E-state index contributed by atoms with van der Waals surface area (Å²) in [6.45, 7) is 1.70. The van der Waals surface area contributed by atoms with Crippen LogP contribution in [0.15, 0.2) is 36.4 Å². The minimum atomic E-state index is -3.60. The van der Waals surface area contributed by atoms with Gasteiger partial charge in [-0.1, -0.05) is 12.1 Å². The van der Waals surface area contributed by atoms with Gasteiger partial charge >= 0.3 is 0 Å². The summed E-state index contributed by atoms with van der Waals surface area (Å²) >= 11 is 0. The van der Waals surface area contributed by atoms with Gasteiger partial charge < -0.3 is 4.74 Å². The number of fused-ring (bicyclic) bond motifs is 3. The maximum absolute atomic E-state index is 14.5. The molecule has 0 unspecified atom stereocenters. The molecule has 0 spiro atoms. The molecular formula is C18H16FN5O3S. The van der Waals surface area contributed by atoms with Gasteiger partial charge in [-0.15, -0.1) is 0 Å². The van der Waals surface area contributed by atoms with Crippen LogP contribution in [0.1, 0.15) is 5.69 Å². The second-order valence-corrected chi connectivity index (χ2v) is 7.96. The highest BCUT2D eigenvalue weighted by atomic mass is 32.2. The zero-order chi connectivity index (χ0) is 20.1. The fourth-order valence-corrected chi connectivity index (χ4v) is 3.54. The summed E-state index contributed by atoms with van der Waals surface area (Å²) in [6, 6.07) is 9.46. The molecule has 3 aromatic heterocycles. The van der Waals surface area contributed by atoms with Crippen LogP contribution in [0.4, 0.5) is 10.2 Å². The number of hydrogen-bond acceptors (Lipinski definition) is 6. The summed E-state index contributed by atoms with van der Waals surface area (Å²) < 4.78 is 47.4. The van der Waals surface area contributed by atoms with Crippen molar-refractivity contribution < 1.29 is 17.5 Å².